The predicted molar refractivity (Wildman–Crippen MR) is 48.0 cm³/mol. The molecule has 1 aromatic heterocycles. The van der Waals surface area contributed by atoms with Crippen molar-refractivity contribution in [2.75, 3.05) is 0 Å². The zero-order valence-electron chi connectivity index (χ0n) is 6.80. The molecule has 0 spiro atoms. The maximum absolute atomic E-state index is 10.5. The Balaban J connectivity index is 2.89. The minimum Gasteiger partial charge on any atom is -0.425 e. The molecule has 1 aromatic rings. The molecule has 0 amide bonds. The van der Waals surface area contributed by atoms with E-state index in [2.05, 4.69) is 20.9 Å². The van der Waals surface area contributed by atoms with Gasteiger partial charge < -0.3 is 4.74 Å². The second-order valence-electron chi connectivity index (χ2n) is 2.33. The van der Waals surface area contributed by atoms with Gasteiger partial charge in [0.25, 0.3) is 0 Å². The van der Waals surface area contributed by atoms with Crippen molar-refractivity contribution in [3.8, 4) is 5.75 Å². The van der Waals surface area contributed by atoms with Gasteiger partial charge in [-0.15, -0.1) is 0 Å². The summed E-state index contributed by atoms with van der Waals surface area (Å²) in [4.78, 5) is 14.6. The molecule has 0 saturated heterocycles. The molecule has 0 atom stereocenters. The number of aromatic nitrogens is 1. The second-order valence-corrected chi connectivity index (χ2v) is 3.19. The van der Waals surface area contributed by atoms with E-state index in [1.807, 2.05) is 6.92 Å². The lowest BCUT2D eigenvalue weighted by Gasteiger charge is -2.01. The van der Waals surface area contributed by atoms with E-state index in [1.54, 1.807) is 6.07 Å². The Kier molecular flexibility index (Phi) is 2.81. The molecule has 0 aromatic carbocycles. The molecule has 0 fully saturated rings. The number of halogens is 1. The number of nitrogens with zero attached hydrogens (tertiary/aromatic N) is 1. The first-order chi connectivity index (χ1) is 5.59. The van der Waals surface area contributed by atoms with Crippen LogP contribution in [0.5, 0.6) is 5.75 Å². The van der Waals surface area contributed by atoms with Crippen LogP contribution in [0.25, 0.3) is 0 Å². The fourth-order valence-corrected chi connectivity index (χ4v) is 1.04. The molecule has 0 aliphatic carbocycles. The average molecular weight is 230 g/mol. The van der Waals surface area contributed by atoms with Crippen LogP contribution in [-0.2, 0) is 4.79 Å². The van der Waals surface area contributed by atoms with E-state index >= 15 is 0 Å². The lowest BCUT2D eigenvalue weighted by atomic mass is 10.4. The number of hydrogen-bond acceptors (Lipinski definition) is 3. The molecule has 1 heterocycles. The number of esters is 1. The van der Waals surface area contributed by atoms with Crippen molar-refractivity contribution in [3.05, 3.63) is 22.4 Å². The number of carbonyl (C=O) groups excluding carboxylic acids is 1. The van der Waals surface area contributed by atoms with Crippen LogP contribution in [0.1, 0.15) is 12.6 Å². The lowest BCUT2D eigenvalue weighted by molar-refractivity contribution is -0.131. The van der Waals surface area contributed by atoms with Crippen molar-refractivity contribution in [1.82, 2.24) is 4.98 Å². The van der Waals surface area contributed by atoms with E-state index in [0.29, 0.717) is 5.75 Å². The molecule has 1 rings (SSSR count). The first-order valence-corrected chi connectivity index (χ1v) is 4.19. The SMILES string of the molecule is CC(=O)Oc1cnc(C)c(Br)c1. The molecule has 0 aliphatic rings. The molecule has 12 heavy (non-hydrogen) atoms. The van der Waals surface area contributed by atoms with Gasteiger partial charge in [0, 0.05) is 11.4 Å². The number of carbonyl (C=O) groups is 1. The third-order valence-electron chi connectivity index (χ3n) is 1.26. The highest BCUT2D eigenvalue weighted by molar-refractivity contribution is 9.10. The minimum absolute atomic E-state index is 0.340. The van der Waals surface area contributed by atoms with Gasteiger partial charge in [0.05, 0.1) is 11.9 Å². The highest BCUT2D eigenvalue weighted by Gasteiger charge is 2.01. The van der Waals surface area contributed by atoms with E-state index in [0.717, 1.165) is 10.2 Å². The average Bonchev–Trinajstić information content (AvgIpc) is 1.96. The smallest absolute Gasteiger partial charge is 0.308 e. The van der Waals surface area contributed by atoms with Crippen molar-refractivity contribution >= 4 is 21.9 Å². The molecule has 64 valence electrons. The normalized spacial score (nSPS) is 9.58. The maximum Gasteiger partial charge on any atom is 0.308 e. The fraction of sp³-hybridized carbons (Fsp3) is 0.250. The van der Waals surface area contributed by atoms with Gasteiger partial charge in [-0.2, -0.15) is 0 Å². The Morgan fingerprint density at radius 1 is 1.67 bits per heavy atom. The molecule has 0 aliphatic heterocycles. The van der Waals surface area contributed by atoms with Gasteiger partial charge in [-0.1, -0.05) is 0 Å². The number of hydrogen-bond donors (Lipinski definition) is 0. The Morgan fingerprint density at radius 2 is 2.33 bits per heavy atom. The predicted octanol–water partition coefficient (Wildman–Crippen LogP) is 2.08. The van der Waals surface area contributed by atoms with Crippen molar-refractivity contribution in [1.29, 1.82) is 0 Å². The van der Waals surface area contributed by atoms with E-state index in [1.165, 1.54) is 13.1 Å². The lowest BCUT2D eigenvalue weighted by Crippen LogP contribution is -2.01. The van der Waals surface area contributed by atoms with E-state index in [9.17, 15) is 4.79 Å². The van der Waals surface area contributed by atoms with E-state index in [4.69, 9.17) is 4.74 Å². The quantitative estimate of drug-likeness (QED) is 0.693. The number of ether oxygens (including phenoxy) is 1. The summed E-state index contributed by atoms with van der Waals surface area (Å²) in [6.07, 6.45) is 1.52. The van der Waals surface area contributed by atoms with Crippen LogP contribution in [0.2, 0.25) is 0 Å². The van der Waals surface area contributed by atoms with Crippen molar-refractivity contribution in [2.45, 2.75) is 13.8 Å². The van der Waals surface area contributed by atoms with Crippen LogP contribution >= 0.6 is 15.9 Å². The molecule has 0 N–H and O–H groups in total. The summed E-state index contributed by atoms with van der Waals surface area (Å²) in [6, 6.07) is 1.71. The van der Waals surface area contributed by atoms with Gasteiger partial charge in [-0.25, -0.2) is 0 Å². The largest absolute Gasteiger partial charge is 0.425 e. The Labute approximate surface area is 78.9 Å². The van der Waals surface area contributed by atoms with Crippen LogP contribution in [0, 0.1) is 6.92 Å². The molecule has 0 bridgehead atoms. The molecule has 0 unspecified atom stereocenters. The standard InChI is InChI=1S/C8H8BrNO2/c1-5-8(9)3-7(4-10-5)12-6(2)11/h3-4H,1-2H3. The topological polar surface area (TPSA) is 39.2 Å². The van der Waals surface area contributed by atoms with Crippen molar-refractivity contribution < 1.29 is 9.53 Å². The van der Waals surface area contributed by atoms with E-state index < -0.39 is 0 Å². The summed E-state index contributed by atoms with van der Waals surface area (Å²) >= 11 is 3.28. The minimum atomic E-state index is -0.340. The summed E-state index contributed by atoms with van der Waals surface area (Å²) < 4.78 is 5.65. The summed E-state index contributed by atoms with van der Waals surface area (Å²) in [7, 11) is 0. The van der Waals surface area contributed by atoms with Gasteiger partial charge in [-0.3, -0.25) is 9.78 Å². The van der Waals surface area contributed by atoms with Crippen LogP contribution in [0.15, 0.2) is 16.7 Å². The van der Waals surface area contributed by atoms with Gasteiger partial charge in [-0.05, 0) is 28.9 Å². The first kappa shape index (κ1) is 9.19. The van der Waals surface area contributed by atoms with Gasteiger partial charge in [0.1, 0.15) is 5.75 Å². The first-order valence-electron chi connectivity index (χ1n) is 3.40. The molecule has 3 nitrogen and oxygen atoms in total. The third kappa shape index (κ3) is 2.30. The Bertz CT molecular complexity index is 312. The highest BCUT2D eigenvalue weighted by atomic mass is 79.9. The van der Waals surface area contributed by atoms with Crippen LogP contribution < -0.4 is 4.74 Å². The van der Waals surface area contributed by atoms with Gasteiger partial charge >= 0.3 is 5.97 Å². The maximum atomic E-state index is 10.5. The van der Waals surface area contributed by atoms with Gasteiger partial charge in [0.15, 0.2) is 0 Å². The van der Waals surface area contributed by atoms with Crippen molar-refractivity contribution in [2.24, 2.45) is 0 Å². The van der Waals surface area contributed by atoms with Gasteiger partial charge in [0.2, 0.25) is 0 Å². The molecule has 4 heteroatoms. The molecular weight excluding hydrogens is 222 g/mol. The summed E-state index contributed by atoms with van der Waals surface area (Å²) in [6.45, 7) is 3.22. The van der Waals surface area contributed by atoms with Crippen LogP contribution in [-0.4, -0.2) is 11.0 Å². The highest BCUT2D eigenvalue weighted by Crippen LogP contribution is 2.19. The van der Waals surface area contributed by atoms with E-state index in [-0.39, 0.29) is 5.97 Å². The van der Waals surface area contributed by atoms with Crippen LogP contribution in [0.3, 0.4) is 0 Å². The summed E-state index contributed by atoms with van der Waals surface area (Å²) in [5.74, 6) is 0.118. The monoisotopic (exact) mass is 229 g/mol. The fourth-order valence-electron chi connectivity index (χ4n) is 0.710. The van der Waals surface area contributed by atoms with Crippen LogP contribution in [0.4, 0.5) is 0 Å². The van der Waals surface area contributed by atoms with Crippen molar-refractivity contribution in [3.63, 3.8) is 0 Å². The Hall–Kier alpha value is -0.900. The Morgan fingerprint density at radius 3 is 2.83 bits per heavy atom. The number of pyridine rings is 1. The molecule has 0 saturated carbocycles. The zero-order chi connectivity index (χ0) is 9.14. The zero-order valence-corrected chi connectivity index (χ0v) is 8.38. The third-order valence-corrected chi connectivity index (χ3v) is 2.06. The second kappa shape index (κ2) is 3.67. The molecular formula is C8H8BrNO2. The number of aryl methyl sites for hydroxylation is 1. The summed E-state index contributed by atoms with van der Waals surface area (Å²) in [5, 5.41) is 0. The number of rotatable bonds is 1. The summed E-state index contributed by atoms with van der Waals surface area (Å²) in [5.41, 5.74) is 0.867. The molecule has 0 radical (unpaired) electrons.